The van der Waals surface area contributed by atoms with Gasteiger partial charge in [0, 0.05) is 79.0 Å². The Morgan fingerprint density at radius 2 is 1.84 bits per heavy atom. The van der Waals surface area contributed by atoms with Crippen molar-refractivity contribution in [3.8, 4) is 16.9 Å². The van der Waals surface area contributed by atoms with Crippen LogP contribution in [0.2, 0.25) is 10.0 Å². The molecule has 2 aromatic heterocycles. The number of aromatic nitrogens is 3. The SMILES string of the molecule is C[C@@H](Oc1cc(-c2cnn(C3CCN(CCCOCCNc4cccc5c4C(=O)N(C4CCC(=O)NC4=O)C5=O)CC3)c2)cnc1N)c1c(Cl)ccc(F)c1Cl. The van der Waals surface area contributed by atoms with Crippen LogP contribution in [0.15, 0.2) is 55.0 Å². The van der Waals surface area contributed by atoms with Crippen LogP contribution in [0.25, 0.3) is 11.1 Å². The summed E-state index contributed by atoms with van der Waals surface area (Å²) in [6.45, 7) is 5.85. The molecule has 3 aliphatic rings. The van der Waals surface area contributed by atoms with Gasteiger partial charge in [-0.3, -0.25) is 34.1 Å². The predicted molar refractivity (Wildman–Crippen MR) is 207 cm³/mol. The zero-order valence-electron chi connectivity index (χ0n) is 30.6. The average Bonchev–Trinajstić information content (AvgIpc) is 3.77. The Hall–Kier alpha value is -5.09. The molecule has 56 heavy (non-hydrogen) atoms. The third kappa shape index (κ3) is 8.21. The number of nitrogens with zero attached hydrogens (tertiary/aromatic N) is 5. The van der Waals surface area contributed by atoms with Gasteiger partial charge < -0.3 is 25.4 Å². The van der Waals surface area contributed by atoms with Gasteiger partial charge in [-0.2, -0.15) is 5.10 Å². The zero-order valence-corrected chi connectivity index (χ0v) is 32.1. The number of ether oxygens (including phenoxy) is 2. The van der Waals surface area contributed by atoms with Crippen LogP contribution >= 0.6 is 23.2 Å². The predicted octanol–water partition coefficient (Wildman–Crippen LogP) is 5.67. The first-order chi connectivity index (χ1) is 27.0. The number of piperidine rings is 2. The maximum Gasteiger partial charge on any atom is 0.264 e. The third-order valence-electron chi connectivity index (χ3n) is 10.3. The summed E-state index contributed by atoms with van der Waals surface area (Å²) < 4.78 is 28.0. The number of fused-ring (bicyclic) bond motifs is 1. The van der Waals surface area contributed by atoms with E-state index >= 15 is 0 Å². The first-order valence-corrected chi connectivity index (χ1v) is 19.2. The summed E-state index contributed by atoms with van der Waals surface area (Å²) in [7, 11) is 0. The van der Waals surface area contributed by atoms with Gasteiger partial charge in [0.25, 0.3) is 11.8 Å². The quantitative estimate of drug-likeness (QED) is 0.0814. The van der Waals surface area contributed by atoms with Crippen molar-refractivity contribution in [3.05, 3.63) is 87.5 Å². The smallest absolute Gasteiger partial charge is 0.264 e. The number of nitrogens with two attached hydrogens (primary N) is 1. The van der Waals surface area contributed by atoms with Gasteiger partial charge in [0.15, 0.2) is 11.6 Å². The Morgan fingerprint density at radius 1 is 1.04 bits per heavy atom. The van der Waals surface area contributed by atoms with Gasteiger partial charge in [-0.25, -0.2) is 9.37 Å². The molecule has 2 fully saturated rings. The first-order valence-electron chi connectivity index (χ1n) is 18.5. The lowest BCUT2D eigenvalue weighted by atomic mass is 10.0. The lowest BCUT2D eigenvalue weighted by Crippen LogP contribution is -2.54. The number of carbonyl (C=O) groups is 4. The van der Waals surface area contributed by atoms with E-state index < -0.39 is 41.6 Å². The number of hydrogen-bond donors (Lipinski definition) is 3. The van der Waals surface area contributed by atoms with Crippen LogP contribution < -0.4 is 21.1 Å². The number of carbonyl (C=O) groups excluding carboxylic acids is 4. The standard InChI is InChI=1S/C39H41Cl2FN8O6/c1-22(33-27(40)6-7-28(42)35(33)41)56-31-18-23(19-45-36(31)43)24-20-46-49(21-24)25-10-14-48(15-11-25)13-3-16-55-17-12-44-29-5-2-4-26-34(29)39(54)50(38(26)53)30-8-9-32(51)47-37(30)52/h2,4-7,18-22,25,30,44H,3,8-17H2,1H3,(H2,43,45)(H,47,51,52)/t22-,30?/m1/s1. The second kappa shape index (κ2) is 17.0. The van der Waals surface area contributed by atoms with Gasteiger partial charge >= 0.3 is 0 Å². The van der Waals surface area contributed by atoms with E-state index in [1.54, 1.807) is 43.6 Å². The van der Waals surface area contributed by atoms with Crippen LogP contribution in [-0.2, 0) is 14.3 Å². The second-order valence-electron chi connectivity index (χ2n) is 14.0. The molecule has 4 amide bonds. The molecular formula is C39H41Cl2FN8O6. The topological polar surface area (TPSA) is 174 Å². The summed E-state index contributed by atoms with van der Waals surface area (Å²) in [6.07, 6.45) is 7.67. The van der Waals surface area contributed by atoms with Crippen molar-refractivity contribution in [2.24, 2.45) is 0 Å². The Morgan fingerprint density at radius 3 is 2.62 bits per heavy atom. The third-order valence-corrected chi connectivity index (χ3v) is 11.0. The molecule has 14 nitrogen and oxygen atoms in total. The number of halogens is 3. The summed E-state index contributed by atoms with van der Waals surface area (Å²) in [4.78, 5) is 58.0. The van der Waals surface area contributed by atoms with E-state index in [-0.39, 0.29) is 45.9 Å². The molecule has 1 unspecified atom stereocenters. The average molecular weight is 808 g/mol. The molecule has 2 saturated heterocycles. The number of nitrogen functional groups attached to an aromatic ring is 1. The van der Waals surface area contributed by atoms with Crippen LogP contribution in [0, 0.1) is 5.82 Å². The fraction of sp³-hybridized carbons (Fsp3) is 0.385. The molecule has 2 aromatic carbocycles. The molecule has 0 radical (unpaired) electrons. The molecule has 0 saturated carbocycles. The summed E-state index contributed by atoms with van der Waals surface area (Å²) in [5.74, 6) is -2.23. The molecule has 4 N–H and O–H groups in total. The van der Waals surface area contributed by atoms with Crippen molar-refractivity contribution in [2.75, 3.05) is 50.4 Å². The molecule has 294 valence electrons. The Balaban J connectivity index is 0.833. The van der Waals surface area contributed by atoms with Gasteiger partial charge in [0.05, 0.1) is 35.0 Å². The molecule has 0 aliphatic carbocycles. The first kappa shape index (κ1) is 39.2. The van der Waals surface area contributed by atoms with E-state index in [2.05, 4.69) is 25.6 Å². The molecule has 4 aromatic rings. The minimum Gasteiger partial charge on any atom is -0.482 e. The highest BCUT2D eigenvalue weighted by atomic mass is 35.5. The number of likely N-dealkylation sites (tertiary alicyclic amines) is 1. The number of rotatable bonds is 14. The highest BCUT2D eigenvalue weighted by Gasteiger charge is 2.45. The molecule has 0 bridgehead atoms. The van der Waals surface area contributed by atoms with Crippen LogP contribution in [0.5, 0.6) is 5.75 Å². The van der Waals surface area contributed by atoms with Crippen LogP contribution in [-0.4, -0.2) is 93.6 Å². The highest BCUT2D eigenvalue weighted by Crippen LogP contribution is 2.37. The van der Waals surface area contributed by atoms with Gasteiger partial charge in [0.1, 0.15) is 18.0 Å². The van der Waals surface area contributed by atoms with Crippen molar-refractivity contribution in [3.63, 3.8) is 0 Å². The Labute approximate surface area is 332 Å². The fourth-order valence-electron chi connectivity index (χ4n) is 7.38. The number of anilines is 2. The second-order valence-corrected chi connectivity index (χ2v) is 14.8. The molecule has 17 heteroatoms. The summed E-state index contributed by atoms with van der Waals surface area (Å²) in [6, 6.07) is 8.62. The lowest BCUT2D eigenvalue weighted by molar-refractivity contribution is -0.136. The van der Waals surface area contributed by atoms with Crippen LogP contribution in [0.4, 0.5) is 15.9 Å². The van der Waals surface area contributed by atoms with E-state index in [9.17, 15) is 23.6 Å². The van der Waals surface area contributed by atoms with Crippen molar-refractivity contribution in [1.29, 1.82) is 0 Å². The number of imide groups is 2. The van der Waals surface area contributed by atoms with Gasteiger partial charge in [-0.15, -0.1) is 0 Å². The Kier molecular flexibility index (Phi) is 11.9. The van der Waals surface area contributed by atoms with Crippen molar-refractivity contribution < 1.29 is 33.0 Å². The van der Waals surface area contributed by atoms with E-state index in [0.717, 1.165) is 54.9 Å². The summed E-state index contributed by atoms with van der Waals surface area (Å²) in [5.41, 5.74) is 9.03. The van der Waals surface area contributed by atoms with Gasteiger partial charge in [0.2, 0.25) is 11.8 Å². The van der Waals surface area contributed by atoms with Crippen molar-refractivity contribution >= 4 is 58.3 Å². The number of pyridine rings is 1. The molecule has 2 atom stereocenters. The van der Waals surface area contributed by atoms with Crippen LogP contribution in [0.1, 0.15) is 77.5 Å². The van der Waals surface area contributed by atoms with Crippen molar-refractivity contribution in [2.45, 2.75) is 57.2 Å². The van der Waals surface area contributed by atoms with E-state index in [1.807, 2.05) is 10.9 Å². The van der Waals surface area contributed by atoms with Gasteiger partial charge in [-0.05, 0) is 62.9 Å². The normalized spacial score (nSPS) is 18.3. The highest BCUT2D eigenvalue weighted by molar-refractivity contribution is 6.36. The Bertz CT molecular complexity index is 2160. The molecule has 7 rings (SSSR count). The molecule has 3 aliphatic heterocycles. The zero-order chi connectivity index (χ0) is 39.5. The number of nitrogens with one attached hydrogen (secondary N) is 2. The molecular weight excluding hydrogens is 766 g/mol. The molecule has 5 heterocycles. The van der Waals surface area contributed by atoms with Crippen molar-refractivity contribution in [1.82, 2.24) is 29.9 Å². The van der Waals surface area contributed by atoms with Crippen LogP contribution in [0.3, 0.4) is 0 Å². The summed E-state index contributed by atoms with van der Waals surface area (Å²) >= 11 is 12.5. The number of hydrogen-bond acceptors (Lipinski definition) is 11. The fourth-order valence-corrected chi connectivity index (χ4v) is 8.06. The maximum absolute atomic E-state index is 14.1. The molecule has 0 spiro atoms. The largest absolute Gasteiger partial charge is 0.482 e. The summed E-state index contributed by atoms with van der Waals surface area (Å²) in [5, 5.41) is 10.2. The number of amides is 4. The van der Waals surface area contributed by atoms with E-state index in [0.29, 0.717) is 36.8 Å². The number of benzene rings is 2. The lowest BCUT2D eigenvalue weighted by Gasteiger charge is -2.32. The maximum atomic E-state index is 14.1. The van der Waals surface area contributed by atoms with Gasteiger partial charge in [-0.1, -0.05) is 29.3 Å². The monoisotopic (exact) mass is 806 g/mol. The minimum absolute atomic E-state index is 0.0657. The van der Waals surface area contributed by atoms with E-state index in [1.165, 1.54) is 12.1 Å². The minimum atomic E-state index is -1.01. The van der Waals surface area contributed by atoms with E-state index in [4.69, 9.17) is 38.4 Å².